The number of hydrogen-bond donors (Lipinski definition) is 1. The Labute approximate surface area is 204 Å². The molecule has 5 rings (SSSR count). The predicted octanol–water partition coefficient (Wildman–Crippen LogP) is 5.02. The van der Waals surface area contributed by atoms with E-state index in [4.69, 9.17) is 13.9 Å². The molecule has 0 bridgehead atoms. The highest BCUT2D eigenvalue weighted by Crippen LogP contribution is 2.45. The van der Waals surface area contributed by atoms with Crippen LogP contribution in [0.3, 0.4) is 0 Å². The fourth-order valence-electron chi connectivity index (χ4n) is 4.24. The molecular weight excluding hydrogens is 468 g/mol. The third-order valence-corrected chi connectivity index (χ3v) is 7.20. The van der Waals surface area contributed by atoms with E-state index in [1.807, 2.05) is 18.2 Å². The van der Waals surface area contributed by atoms with Crippen molar-refractivity contribution < 1.29 is 28.3 Å². The Morgan fingerprint density at radius 3 is 2.77 bits per heavy atom. The molecule has 0 radical (unpaired) electrons. The summed E-state index contributed by atoms with van der Waals surface area (Å²) in [4.78, 5) is 43.5. The number of amides is 1. The van der Waals surface area contributed by atoms with E-state index in [1.165, 1.54) is 36.5 Å². The van der Waals surface area contributed by atoms with Crippen molar-refractivity contribution in [1.82, 2.24) is 4.98 Å². The average Bonchev–Trinajstić information content (AvgIpc) is 3.50. The number of thiophene rings is 1. The number of oxazole rings is 1. The van der Waals surface area contributed by atoms with Crippen molar-refractivity contribution in [2.45, 2.75) is 32.3 Å². The molecule has 0 saturated heterocycles. The minimum absolute atomic E-state index is 0.249. The van der Waals surface area contributed by atoms with Crippen molar-refractivity contribution in [3.63, 3.8) is 0 Å². The summed E-state index contributed by atoms with van der Waals surface area (Å²) in [7, 11) is 1.32. The van der Waals surface area contributed by atoms with Crippen LogP contribution in [0.2, 0.25) is 0 Å². The number of hydrogen-bond acceptors (Lipinski definition) is 8. The molecule has 2 aromatic heterocycles. The fraction of sp³-hybridized carbons (Fsp3) is 0.231. The van der Waals surface area contributed by atoms with Crippen LogP contribution in [0.4, 0.5) is 5.00 Å². The zero-order chi connectivity index (χ0) is 24.5. The zero-order valence-corrected chi connectivity index (χ0v) is 19.9. The third-order valence-electron chi connectivity index (χ3n) is 6.02. The monoisotopic (exact) mass is 490 g/mol. The van der Waals surface area contributed by atoms with E-state index >= 15 is 0 Å². The normalized spacial score (nSPS) is 13.0. The molecule has 1 unspecified atom stereocenters. The molecule has 0 spiro atoms. The van der Waals surface area contributed by atoms with Crippen molar-refractivity contribution in [3.05, 3.63) is 71.1 Å². The molecule has 178 valence electrons. The molecule has 35 heavy (non-hydrogen) atoms. The van der Waals surface area contributed by atoms with Gasteiger partial charge in [-0.2, -0.15) is 0 Å². The Balaban J connectivity index is 1.40. The lowest BCUT2D eigenvalue weighted by Crippen LogP contribution is -2.32. The standard InChI is InChI=1S/C26H22N2O6S/c1-3-19(34-25(30)15-9-11-18-20(12-15)33-13-27-18)23(29)28-24-21(26(31)32-2)17-10-8-14-6-4-5-7-16(14)22(17)35-24/h4-7,9,11-13,19H,3,8,10H2,1-2H3,(H,28,29). The predicted molar refractivity (Wildman–Crippen MR) is 131 cm³/mol. The summed E-state index contributed by atoms with van der Waals surface area (Å²) in [6, 6.07) is 12.8. The number of ether oxygens (including phenoxy) is 2. The van der Waals surface area contributed by atoms with Crippen LogP contribution in [-0.4, -0.2) is 36.0 Å². The Morgan fingerprint density at radius 1 is 1.14 bits per heavy atom. The van der Waals surface area contributed by atoms with E-state index in [-0.39, 0.29) is 12.0 Å². The Morgan fingerprint density at radius 2 is 1.97 bits per heavy atom. The van der Waals surface area contributed by atoms with E-state index in [0.29, 0.717) is 28.1 Å². The second-order valence-corrected chi connectivity index (χ2v) is 9.11. The molecule has 0 aliphatic heterocycles. The van der Waals surface area contributed by atoms with Gasteiger partial charge in [0.15, 0.2) is 18.1 Å². The quantitative estimate of drug-likeness (QED) is 0.378. The van der Waals surface area contributed by atoms with Crippen LogP contribution in [0.15, 0.2) is 53.3 Å². The van der Waals surface area contributed by atoms with Gasteiger partial charge in [0.2, 0.25) is 0 Å². The maximum atomic E-state index is 13.1. The maximum Gasteiger partial charge on any atom is 0.341 e. The van der Waals surface area contributed by atoms with Gasteiger partial charge in [0.1, 0.15) is 10.5 Å². The van der Waals surface area contributed by atoms with Gasteiger partial charge < -0.3 is 19.2 Å². The number of nitrogens with zero attached hydrogens (tertiary/aromatic N) is 1. The summed E-state index contributed by atoms with van der Waals surface area (Å²) >= 11 is 1.33. The first-order valence-corrected chi connectivity index (χ1v) is 12.0. The number of aromatic nitrogens is 1. The van der Waals surface area contributed by atoms with Crippen molar-refractivity contribution >= 4 is 45.3 Å². The minimum Gasteiger partial charge on any atom is -0.465 e. The molecule has 2 aromatic carbocycles. The van der Waals surface area contributed by atoms with Crippen LogP contribution in [0.5, 0.6) is 0 Å². The number of benzene rings is 2. The molecule has 1 aliphatic carbocycles. The summed E-state index contributed by atoms with van der Waals surface area (Å²) in [5.74, 6) is -1.68. The van der Waals surface area contributed by atoms with Gasteiger partial charge in [0.05, 0.1) is 18.2 Å². The van der Waals surface area contributed by atoms with Gasteiger partial charge in [0.25, 0.3) is 5.91 Å². The minimum atomic E-state index is -1.05. The van der Waals surface area contributed by atoms with Gasteiger partial charge in [-0.3, -0.25) is 4.79 Å². The van der Waals surface area contributed by atoms with E-state index in [9.17, 15) is 14.4 Å². The molecule has 0 fully saturated rings. The van der Waals surface area contributed by atoms with E-state index in [0.717, 1.165) is 22.4 Å². The Kier molecular flexibility index (Phi) is 6.08. The molecule has 0 saturated carbocycles. The highest BCUT2D eigenvalue weighted by molar-refractivity contribution is 7.20. The number of carbonyl (C=O) groups is 3. The highest BCUT2D eigenvalue weighted by atomic mass is 32.1. The fourth-order valence-corrected chi connectivity index (χ4v) is 5.54. The van der Waals surface area contributed by atoms with Crippen LogP contribution in [0.1, 0.15) is 45.2 Å². The van der Waals surface area contributed by atoms with Gasteiger partial charge in [0, 0.05) is 4.88 Å². The summed E-state index contributed by atoms with van der Waals surface area (Å²) in [5, 5.41) is 3.21. The Bertz CT molecular complexity index is 1450. The summed E-state index contributed by atoms with van der Waals surface area (Å²) in [6.07, 6.45) is 1.95. The smallest absolute Gasteiger partial charge is 0.341 e. The Hall–Kier alpha value is -3.98. The van der Waals surface area contributed by atoms with Crippen molar-refractivity contribution in [2.75, 3.05) is 12.4 Å². The van der Waals surface area contributed by atoms with Crippen LogP contribution in [-0.2, 0) is 27.1 Å². The van der Waals surface area contributed by atoms with Gasteiger partial charge in [-0.25, -0.2) is 14.6 Å². The number of anilines is 1. The maximum absolute atomic E-state index is 13.1. The molecule has 2 heterocycles. The molecule has 1 N–H and O–H groups in total. The summed E-state index contributed by atoms with van der Waals surface area (Å²) in [6.45, 7) is 1.74. The van der Waals surface area contributed by atoms with Crippen LogP contribution in [0, 0.1) is 0 Å². The first-order chi connectivity index (χ1) is 17.0. The molecule has 1 atom stereocenters. The topological polar surface area (TPSA) is 108 Å². The van der Waals surface area contributed by atoms with Crippen LogP contribution >= 0.6 is 11.3 Å². The van der Waals surface area contributed by atoms with E-state index < -0.39 is 23.9 Å². The lowest BCUT2D eigenvalue weighted by molar-refractivity contribution is -0.124. The number of nitrogens with one attached hydrogen (secondary N) is 1. The first kappa shape index (κ1) is 22.8. The zero-order valence-electron chi connectivity index (χ0n) is 19.1. The van der Waals surface area contributed by atoms with E-state index in [1.54, 1.807) is 19.1 Å². The highest BCUT2D eigenvalue weighted by Gasteiger charge is 2.31. The second kappa shape index (κ2) is 9.34. The number of fused-ring (bicyclic) bond motifs is 4. The number of aryl methyl sites for hydroxylation is 1. The lowest BCUT2D eigenvalue weighted by Gasteiger charge is -2.17. The van der Waals surface area contributed by atoms with Crippen LogP contribution in [0.25, 0.3) is 21.5 Å². The number of carbonyl (C=O) groups excluding carboxylic acids is 3. The summed E-state index contributed by atoms with van der Waals surface area (Å²) < 4.78 is 15.8. The van der Waals surface area contributed by atoms with Gasteiger partial charge in [-0.1, -0.05) is 31.2 Å². The molecular formula is C26H22N2O6S. The lowest BCUT2D eigenvalue weighted by atomic mass is 9.89. The number of esters is 2. The van der Waals surface area contributed by atoms with E-state index in [2.05, 4.69) is 16.4 Å². The molecule has 9 heteroatoms. The number of rotatable bonds is 6. The SMILES string of the molecule is CCC(OC(=O)c1ccc2ncoc2c1)C(=O)Nc1sc2c(c1C(=O)OC)CCc1ccccc1-2. The largest absolute Gasteiger partial charge is 0.465 e. The van der Waals surface area contributed by atoms with Crippen LogP contribution < -0.4 is 5.32 Å². The average molecular weight is 491 g/mol. The number of methoxy groups -OCH3 is 1. The van der Waals surface area contributed by atoms with Gasteiger partial charge in [-0.15, -0.1) is 11.3 Å². The molecule has 1 aliphatic rings. The van der Waals surface area contributed by atoms with Crippen molar-refractivity contribution in [1.29, 1.82) is 0 Å². The molecule has 1 amide bonds. The van der Waals surface area contributed by atoms with Gasteiger partial charge >= 0.3 is 11.9 Å². The molecule has 8 nitrogen and oxygen atoms in total. The third kappa shape index (κ3) is 4.19. The first-order valence-electron chi connectivity index (χ1n) is 11.2. The van der Waals surface area contributed by atoms with Crippen molar-refractivity contribution in [3.8, 4) is 10.4 Å². The molecule has 4 aromatic rings. The summed E-state index contributed by atoms with van der Waals surface area (Å²) in [5.41, 5.74) is 4.77. The van der Waals surface area contributed by atoms with Gasteiger partial charge in [-0.05, 0) is 54.2 Å². The van der Waals surface area contributed by atoms with Crippen molar-refractivity contribution in [2.24, 2.45) is 0 Å². The second-order valence-electron chi connectivity index (χ2n) is 8.09.